The minimum Gasteiger partial charge on any atom is -0.437 e. The van der Waals surface area contributed by atoms with Gasteiger partial charge in [-0.2, -0.15) is 0 Å². The highest BCUT2D eigenvalue weighted by atomic mass is 16.6. The molecule has 0 aliphatic carbocycles. The van der Waals surface area contributed by atoms with E-state index in [0.717, 1.165) is 11.1 Å². The first kappa shape index (κ1) is 23.1. The number of aliphatic hydroxyl groups is 3. The van der Waals surface area contributed by atoms with E-state index < -0.39 is 24.4 Å². The quantitative estimate of drug-likeness (QED) is 0.531. The summed E-state index contributed by atoms with van der Waals surface area (Å²) in [6.45, 7) is 5.99. The van der Waals surface area contributed by atoms with Gasteiger partial charge in [0, 0.05) is 29.8 Å². The van der Waals surface area contributed by atoms with Gasteiger partial charge < -0.3 is 29.2 Å². The molecule has 2 aliphatic rings. The van der Waals surface area contributed by atoms with Gasteiger partial charge in [0.1, 0.15) is 6.10 Å². The van der Waals surface area contributed by atoms with Gasteiger partial charge in [-0.05, 0) is 44.9 Å². The van der Waals surface area contributed by atoms with E-state index in [1.807, 2.05) is 32.1 Å². The third-order valence-corrected chi connectivity index (χ3v) is 6.56. The summed E-state index contributed by atoms with van der Waals surface area (Å²) in [5.41, 5.74) is 1.83. The van der Waals surface area contributed by atoms with Gasteiger partial charge in [-0.25, -0.2) is 4.98 Å². The van der Waals surface area contributed by atoms with Crippen LogP contribution >= 0.6 is 0 Å². The number of epoxide rings is 1. The minimum atomic E-state index is -0.986. The van der Waals surface area contributed by atoms with Crippen LogP contribution in [0, 0.1) is 11.8 Å². The van der Waals surface area contributed by atoms with Crippen LogP contribution in [-0.2, 0) is 9.47 Å². The lowest BCUT2D eigenvalue weighted by Crippen LogP contribution is -2.50. The molecule has 2 aromatic rings. The highest BCUT2D eigenvalue weighted by molar-refractivity contribution is 5.57. The van der Waals surface area contributed by atoms with Crippen molar-refractivity contribution in [3.8, 4) is 11.3 Å². The van der Waals surface area contributed by atoms with E-state index in [0.29, 0.717) is 31.1 Å². The number of aromatic nitrogens is 2. The van der Waals surface area contributed by atoms with Crippen LogP contribution in [0.1, 0.15) is 39.5 Å². The van der Waals surface area contributed by atoms with Crippen LogP contribution in [0.2, 0.25) is 0 Å². The van der Waals surface area contributed by atoms with Crippen molar-refractivity contribution in [3.05, 3.63) is 42.2 Å². The van der Waals surface area contributed by atoms with Gasteiger partial charge in [0.15, 0.2) is 5.76 Å². The van der Waals surface area contributed by atoms with Crippen LogP contribution < -0.4 is 0 Å². The van der Waals surface area contributed by atoms with Crippen LogP contribution in [0.3, 0.4) is 0 Å². The standard InChI is InChI=1S/C24H32N2O6/c1-13(9-21-26-11-20(31-21)16-4-6-25-7-5-16)8-18-23(29)22(28)17(12-30-18)10-19-24(32-19)14(2)15(3)27/h4-7,9,11,14-15,17-19,22-24,27-29H,8,10,12H2,1-3H3/b13-9+/t14-,15-,17-,18-,19-,22+,23-,24-/m0/s1. The largest absolute Gasteiger partial charge is 0.437 e. The molecule has 4 heterocycles. The van der Waals surface area contributed by atoms with Crippen molar-refractivity contribution in [2.45, 2.75) is 70.2 Å². The Morgan fingerprint density at radius 2 is 1.94 bits per heavy atom. The molecule has 2 aliphatic heterocycles. The molecular weight excluding hydrogens is 412 g/mol. The number of hydrogen-bond donors (Lipinski definition) is 3. The van der Waals surface area contributed by atoms with Gasteiger partial charge in [-0.1, -0.05) is 12.5 Å². The number of aliphatic hydroxyl groups excluding tert-OH is 3. The van der Waals surface area contributed by atoms with E-state index in [-0.39, 0.29) is 24.0 Å². The first-order valence-electron chi connectivity index (χ1n) is 11.2. The lowest BCUT2D eigenvalue weighted by Gasteiger charge is -2.38. The van der Waals surface area contributed by atoms with E-state index in [9.17, 15) is 15.3 Å². The summed E-state index contributed by atoms with van der Waals surface area (Å²) < 4.78 is 17.4. The zero-order chi connectivity index (χ0) is 22.8. The fourth-order valence-electron chi connectivity index (χ4n) is 4.30. The van der Waals surface area contributed by atoms with E-state index in [1.165, 1.54) is 0 Å². The molecule has 0 amide bonds. The zero-order valence-corrected chi connectivity index (χ0v) is 18.7. The van der Waals surface area contributed by atoms with Gasteiger partial charge in [-0.15, -0.1) is 0 Å². The molecule has 8 atom stereocenters. The molecule has 0 unspecified atom stereocenters. The molecular formula is C24H32N2O6. The summed E-state index contributed by atoms with van der Waals surface area (Å²) in [6.07, 6.45) is 5.13. The van der Waals surface area contributed by atoms with E-state index in [4.69, 9.17) is 13.9 Å². The van der Waals surface area contributed by atoms with Crippen LogP contribution in [-0.4, -0.2) is 68.5 Å². The summed E-state index contributed by atoms with van der Waals surface area (Å²) in [4.78, 5) is 8.29. The van der Waals surface area contributed by atoms with E-state index in [1.54, 1.807) is 25.5 Å². The third-order valence-electron chi connectivity index (χ3n) is 6.56. The van der Waals surface area contributed by atoms with Crippen molar-refractivity contribution < 1.29 is 29.2 Å². The predicted octanol–water partition coefficient (Wildman–Crippen LogP) is 2.44. The Morgan fingerprint density at radius 3 is 2.66 bits per heavy atom. The summed E-state index contributed by atoms with van der Waals surface area (Å²) in [5, 5.41) is 31.0. The Hall–Kier alpha value is -2.10. The topological polar surface area (TPSA) is 121 Å². The van der Waals surface area contributed by atoms with Gasteiger partial charge in [0.2, 0.25) is 5.89 Å². The molecule has 2 saturated heterocycles. The lowest BCUT2D eigenvalue weighted by molar-refractivity contribution is -0.165. The molecule has 8 nitrogen and oxygen atoms in total. The molecule has 3 N–H and O–H groups in total. The molecule has 2 aromatic heterocycles. The lowest BCUT2D eigenvalue weighted by atomic mass is 9.85. The Labute approximate surface area is 187 Å². The average molecular weight is 445 g/mol. The van der Waals surface area contributed by atoms with Crippen molar-refractivity contribution in [2.24, 2.45) is 11.8 Å². The second kappa shape index (κ2) is 9.80. The van der Waals surface area contributed by atoms with Crippen LogP contribution in [0.4, 0.5) is 0 Å². The van der Waals surface area contributed by atoms with E-state index >= 15 is 0 Å². The van der Waals surface area contributed by atoms with Gasteiger partial charge in [0.05, 0.1) is 43.3 Å². The first-order valence-corrected chi connectivity index (χ1v) is 11.2. The van der Waals surface area contributed by atoms with Crippen molar-refractivity contribution in [1.82, 2.24) is 9.97 Å². The smallest absolute Gasteiger partial charge is 0.219 e. The van der Waals surface area contributed by atoms with Gasteiger partial charge in [0.25, 0.3) is 0 Å². The molecule has 2 fully saturated rings. The van der Waals surface area contributed by atoms with Crippen molar-refractivity contribution in [3.63, 3.8) is 0 Å². The van der Waals surface area contributed by atoms with Crippen LogP contribution in [0.15, 0.2) is 40.7 Å². The number of oxazole rings is 1. The number of hydrogen-bond acceptors (Lipinski definition) is 8. The summed E-state index contributed by atoms with van der Waals surface area (Å²) in [7, 11) is 0. The molecule has 4 rings (SSSR count). The van der Waals surface area contributed by atoms with Crippen LogP contribution in [0.25, 0.3) is 17.4 Å². The normalized spacial score (nSPS) is 32.5. The molecule has 0 saturated carbocycles. The number of pyridine rings is 1. The van der Waals surface area contributed by atoms with Crippen molar-refractivity contribution in [1.29, 1.82) is 0 Å². The summed E-state index contributed by atoms with van der Waals surface area (Å²) in [5.74, 6) is 0.976. The second-order valence-corrected chi connectivity index (χ2v) is 9.08. The number of ether oxygens (including phenoxy) is 2. The zero-order valence-electron chi connectivity index (χ0n) is 18.7. The van der Waals surface area contributed by atoms with Crippen molar-refractivity contribution >= 4 is 6.08 Å². The number of nitrogens with zero attached hydrogens (tertiary/aromatic N) is 2. The van der Waals surface area contributed by atoms with Gasteiger partial charge in [-0.3, -0.25) is 4.98 Å². The third kappa shape index (κ3) is 5.27. The summed E-state index contributed by atoms with van der Waals surface area (Å²) in [6, 6.07) is 3.70. The maximum Gasteiger partial charge on any atom is 0.219 e. The minimum absolute atomic E-state index is 0.0000741. The maximum atomic E-state index is 10.7. The predicted molar refractivity (Wildman–Crippen MR) is 117 cm³/mol. The summed E-state index contributed by atoms with van der Waals surface area (Å²) >= 11 is 0. The van der Waals surface area contributed by atoms with Gasteiger partial charge >= 0.3 is 0 Å². The molecule has 0 aromatic carbocycles. The fraction of sp³-hybridized carbons (Fsp3) is 0.583. The highest BCUT2D eigenvalue weighted by Crippen LogP contribution is 2.38. The average Bonchev–Trinajstić information content (AvgIpc) is 3.39. The molecule has 32 heavy (non-hydrogen) atoms. The Bertz CT molecular complexity index is 914. The number of rotatable bonds is 8. The highest BCUT2D eigenvalue weighted by Gasteiger charge is 2.48. The van der Waals surface area contributed by atoms with Crippen LogP contribution in [0.5, 0.6) is 0 Å². The first-order chi connectivity index (χ1) is 15.3. The van der Waals surface area contributed by atoms with E-state index in [2.05, 4.69) is 9.97 Å². The molecule has 0 radical (unpaired) electrons. The monoisotopic (exact) mass is 444 g/mol. The Kier molecular flexibility index (Phi) is 7.07. The Morgan fingerprint density at radius 1 is 1.19 bits per heavy atom. The maximum absolute atomic E-state index is 10.7. The molecule has 0 bridgehead atoms. The van der Waals surface area contributed by atoms with Crippen molar-refractivity contribution in [2.75, 3.05) is 6.61 Å². The Balaban J connectivity index is 1.30. The fourth-order valence-corrected chi connectivity index (χ4v) is 4.30. The SMILES string of the molecule is C/C(=C\c1ncc(-c2ccncc2)o1)C[C@@H]1OC[C@H](C[C@@H]2O[C@H]2[C@@H](C)[C@H](C)O)[C@@H](O)[C@H]1O. The molecule has 174 valence electrons. The molecule has 0 spiro atoms. The molecule has 8 heteroatoms. The second-order valence-electron chi connectivity index (χ2n) is 9.08.